The van der Waals surface area contributed by atoms with Crippen molar-refractivity contribution in [2.45, 2.75) is 83.6 Å². The van der Waals surface area contributed by atoms with Crippen LogP contribution >= 0.6 is 0 Å². The summed E-state index contributed by atoms with van der Waals surface area (Å²) in [5.41, 5.74) is 5.34. The highest BCUT2D eigenvalue weighted by Crippen LogP contribution is 2.44. The molecule has 17 heteroatoms. The van der Waals surface area contributed by atoms with E-state index >= 15 is 0 Å². The average molecular weight is 879 g/mol. The third-order valence-corrected chi connectivity index (χ3v) is 9.95. The van der Waals surface area contributed by atoms with Crippen LogP contribution in [0.4, 0.5) is 19.2 Å². The van der Waals surface area contributed by atoms with Crippen molar-refractivity contribution in [1.82, 2.24) is 42.5 Å². The van der Waals surface area contributed by atoms with Gasteiger partial charge < -0.3 is 57.1 Å². The summed E-state index contributed by atoms with van der Waals surface area (Å²) in [6.45, 7) is 8.85. The maximum Gasteiger partial charge on any atom is 0.407 e. The zero-order valence-corrected chi connectivity index (χ0v) is 36.7. The lowest BCUT2D eigenvalue weighted by Gasteiger charge is -2.23. The van der Waals surface area contributed by atoms with Gasteiger partial charge in [-0.25, -0.2) is 24.0 Å². The summed E-state index contributed by atoms with van der Waals surface area (Å²) in [6.07, 6.45) is -1.27. The Kier molecular flexibility index (Phi) is 16.9. The summed E-state index contributed by atoms with van der Waals surface area (Å²) in [6, 6.07) is 27.6. The summed E-state index contributed by atoms with van der Waals surface area (Å²) in [5, 5.41) is 29.9. The van der Waals surface area contributed by atoms with Crippen LogP contribution < -0.4 is 47.3 Å². The molecule has 4 aromatic rings. The van der Waals surface area contributed by atoms with Gasteiger partial charge in [-0.1, -0.05) is 105 Å². The molecule has 340 valence electrons. The van der Waals surface area contributed by atoms with Gasteiger partial charge in [0.15, 0.2) is 0 Å². The van der Waals surface area contributed by atoms with E-state index < -0.39 is 59.9 Å². The predicted octanol–water partition coefficient (Wildman–Crippen LogP) is 5.31. The fourth-order valence-corrected chi connectivity index (χ4v) is 7.12. The van der Waals surface area contributed by atoms with Gasteiger partial charge in [-0.15, -0.1) is 0 Å². The minimum absolute atomic E-state index is 0.00487. The van der Waals surface area contributed by atoms with Crippen molar-refractivity contribution in [3.05, 3.63) is 125 Å². The fourth-order valence-electron chi connectivity index (χ4n) is 7.12. The normalized spacial score (nSPS) is 13.2. The van der Waals surface area contributed by atoms with Gasteiger partial charge in [0.1, 0.15) is 36.2 Å². The summed E-state index contributed by atoms with van der Waals surface area (Å²) < 4.78 is 11.7. The SMILES string of the molecule is CC(C)C[C@H](NC(=O)N[C@H](Cc1ccccc1)NC(=O)NCNC(=O)NCNC(=O)[C@H](Cc1ccc(OC(C)(C)C)cc1)NC(=O)OCC1c2ccccc2-c2ccccc21)C(=O)O. The molecule has 5 rings (SSSR count). The number of nitrogens with one attached hydrogen (secondary N) is 8. The lowest BCUT2D eigenvalue weighted by Crippen LogP contribution is -2.57. The minimum atomic E-state index is -1.18. The second-order valence-corrected chi connectivity index (χ2v) is 16.7. The highest BCUT2D eigenvalue weighted by atomic mass is 16.5. The molecule has 0 aromatic heterocycles. The minimum Gasteiger partial charge on any atom is -0.488 e. The largest absolute Gasteiger partial charge is 0.488 e. The van der Waals surface area contributed by atoms with Crippen LogP contribution in [0, 0.1) is 5.92 Å². The van der Waals surface area contributed by atoms with E-state index in [2.05, 4.69) is 42.5 Å². The zero-order valence-electron chi connectivity index (χ0n) is 36.7. The number of carbonyl (C=O) groups is 6. The number of urea groups is 3. The second kappa shape index (κ2) is 22.7. The molecule has 0 saturated heterocycles. The number of benzene rings is 4. The van der Waals surface area contributed by atoms with Crippen molar-refractivity contribution in [3.8, 4) is 16.9 Å². The molecule has 8 amide bonds. The first-order chi connectivity index (χ1) is 30.5. The topological polar surface area (TPSA) is 237 Å². The Morgan fingerprint density at radius 2 is 1.16 bits per heavy atom. The summed E-state index contributed by atoms with van der Waals surface area (Å²) in [4.78, 5) is 76.8. The Labute approximate surface area is 372 Å². The molecule has 1 aliphatic rings. The van der Waals surface area contributed by atoms with Gasteiger partial charge in [-0.2, -0.15) is 0 Å². The maximum absolute atomic E-state index is 13.6. The number of carboxylic acids is 1. The number of alkyl carbamates (subject to hydrolysis) is 1. The van der Waals surface area contributed by atoms with Crippen LogP contribution in [-0.2, 0) is 27.2 Å². The molecule has 0 unspecified atom stereocenters. The van der Waals surface area contributed by atoms with Gasteiger partial charge in [0, 0.05) is 18.8 Å². The van der Waals surface area contributed by atoms with Crippen molar-refractivity contribution in [3.63, 3.8) is 0 Å². The van der Waals surface area contributed by atoms with Gasteiger partial charge in [-0.05, 0) is 78.6 Å². The first-order valence-corrected chi connectivity index (χ1v) is 21.1. The fraction of sp³-hybridized carbons (Fsp3) is 0.362. The Bertz CT molecular complexity index is 2190. The third kappa shape index (κ3) is 15.0. The van der Waals surface area contributed by atoms with Crippen LogP contribution in [0.5, 0.6) is 5.75 Å². The number of hydrogen-bond donors (Lipinski definition) is 9. The molecule has 9 N–H and O–H groups in total. The number of carbonyl (C=O) groups excluding carboxylic acids is 5. The number of carboxylic acid groups (broad SMARTS) is 1. The van der Waals surface area contributed by atoms with E-state index in [9.17, 15) is 33.9 Å². The Morgan fingerprint density at radius 3 is 1.75 bits per heavy atom. The van der Waals surface area contributed by atoms with Crippen LogP contribution in [0.3, 0.4) is 0 Å². The van der Waals surface area contributed by atoms with Gasteiger partial charge in [0.25, 0.3) is 0 Å². The van der Waals surface area contributed by atoms with Gasteiger partial charge >= 0.3 is 30.2 Å². The summed E-state index contributed by atoms with van der Waals surface area (Å²) in [5.74, 6) is -1.32. The second-order valence-electron chi connectivity index (χ2n) is 16.7. The van der Waals surface area contributed by atoms with E-state index in [-0.39, 0.29) is 51.0 Å². The smallest absolute Gasteiger partial charge is 0.407 e. The van der Waals surface area contributed by atoms with Crippen LogP contribution in [0.25, 0.3) is 11.1 Å². The molecule has 0 radical (unpaired) electrons. The van der Waals surface area contributed by atoms with E-state index in [0.29, 0.717) is 5.75 Å². The van der Waals surface area contributed by atoms with E-state index in [4.69, 9.17) is 9.47 Å². The number of aliphatic carboxylic acids is 1. The molecule has 0 spiro atoms. The molecule has 4 aromatic carbocycles. The van der Waals surface area contributed by atoms with Crippen molar-refractivity contribution < 1.29 is 43.3 Å². The lowest BCUT2D eigenvalue weighted by atomic mass is 9.98. The van der Waals surface area contributed by atoms with Gasteiger partial charge in [0.05, 0.1) is 13.3 Å². The van der Waals surface area contributed by atoms with Crippen LogP contribution in [-0.4, -0.2) is 85.0 Å². The number of ether oxygens (including phenoxy) is 2. The molecule has 0 heterocycles. The number of hydrogen-bond acceptors (Lipinski definition) is 8. The molecule has 0 aliphatic heterocycles. The molecular weight excluding hydrogens is 821 g/mol. The molecule has 0 fully saturated rings. The van der Waals surface area contributed by atoms with Crippen LogP contribution in [0.2, 0.25) is 0 Å². The molecule has 17 nitrogen and oxygen atoms in total. The van der Waals surface area contributed by atoms with Crippen molar-refractivity contribution in [2.24, 2.45) is 5.92 Å². The Hall–Kier alpha value is -7.30. The van der Waals surface area contributed by atoms with Crippen molar-refractivity contribution in [2.75, 3.05) is 19.9 Å². The number of rotatable bonds is 19. The van der Waals surface area contributed by atoms with Crippen LogP contribution in [0.1, 0.15) is 69.2 Å². The van der Waals surface area contributed by atoms with Crippen molar-refractivity contribution in [1.29, 1.82) is 0 Å². The van der Waals surface area contributed by atoms with E-state index in [1.54, 1.807) is 48.5 Å². The Morgan fingerprint density at radius 1 is 0.609 bits per heavy atom. The van der Waals surface area contributed by atoms with E-state index in [1.165, 1.54) is 0 Å². The molecular formula is C47H58N8O9. The average Bonchev–Trinajstić information content (AvgIpc) is 3.56. The lowest BCUT2D eigenvalue weighted by molar-refractivity contribution is -0.139. The molecule has 0 saturated carbocycles. The van der Waals surface area contributed by atoms with Gasteiger partial charge in [-0.3, -0.25) is 4.79 Å². The van der Waals surface area contributed by atoms with Crippen LogP contribution in [0.15, 0.2) is 103 Å². The monoisotopic (exact) mass is 878 g/mol. The number of fused-ring (bicyclic) bond motifs is 3. The zero-order chi connectivity index (χ0) is 46.2. The highest BCUT2D eigenvalue weighted by molar-refractivity contribution is 5.87. The molecule has 1 aliphatic carbocycles. The first kappa shape index (κ1) is 47.7. The molecule has 64 heavy (non-hydrogen) atoms. The highest BCUT2D eigenvalue weighted by Gasteiger charge is 2.30. The molecule has 0 bridgehead atoms. The van der Waals surface area contributed by atoms with E-state index in [0.717, 1.165) is 33.4 Å². The van der Waals surface area contributed by atoms with E-state index in [1.807, 2.05) is 89.2 Å². The predicted molar refractivity (Wildman–Crippen MR) is 240 cm³/mol. The quantitative estimate of drug-likeness (QED) is 0.0555. The maximum atomic E-state index is 13.6. The van der Waals surface area contributed by atoms with Crippen molar-refractivity contribution >= 4 is 36.1 Å². The first-order valence-electron chi connectivity index (χ1n) is 21.1. The number of amides is 8. The third-order valence-electron chi connectivity index (χ3n) is 9.95. The van der Waals surface area contributed by atoms with Gasteiger partial charge in [0.2, 0.25) is 5.91 Å². The Balaban J connectivity index is 1.12. The summed E-state index contributed by atoms with van der Waals surface area (Å²) >= 11 is 0. The standard InChI is InChI=1S/C47H58N8O9/c1-29(2)23-39(42(57)58)52-45(61)55-40(25-30-13-7-6-8-14-30)54-44(60)51-28-50-43(59)49-27-48-41(56)38(24-31-19-21-32(22-20-31)64-47(3,4)5)53-46(62)63-26-37-35-17-11-9-15-33(35)34-16-10-12-18-36(34)37/h6-22,29,37-40H,23-28H2,1-5H3,(H,48,56)(H,53,62)(H,57,58)(H2,49,50,59)(H2,51,54,60)(H2,52,55,61)/t38-,39-,40+/m0/s1. The molecule has 3 atom stereocenters. The summed E-state index contributed by atoms with van der Waals surface area (Å²) in [7, 11) is 0.